The van der Waals surface area contributed by atoms with Crippen LogP contribution in [0.3, 0.4) is 0 Å². The molecule has 2 N–H and O–H groups in total. The summed E-state index contributed by atoms with van der Waals surface area (Å²) in [5, 5.41) is 5.48. The maximum Gasteiger partial charge on any atom is 0.262 e. The molecule has 1 rings (SSSR count). The molecule has 1 atom stereocenters. The minimum absolute atomic E-state index is 0.156. The SMILES string of the molecule is C=C(/C=C\C(=C/CC)Oc1ccc(/C=C(/S)C(=O)NC=S)c(Cl)c1)CC(COC)NC=O. The minimum Gasteiger partial charge on any atom is -0.458 e. The van der Waals surface area contributed by atoms with Crippen molar-refractivity contribution in [3.8, 4) is 5.75 Å². The Morgan fingerprint density at radius 3 is 2.72 bits per heavy atom. The minimum atomic E-state index is -0.422. The number of halogens is 1. The lowest BCUT2D eigenvalue weighted by Gasteiger charge is -2.15. The van der Waals surface area contributed by atoms with Crippen molar-refractivity contribution >= 4 is 60.3 Å². The van der Waals surface area contributed by atoms with E-state index in [4.69, 9.17) is 21.1 Å². The third-order valence-electron chi connectivity index (χ3n) is 3.99. The van der Waals surface area contributed by atoms with Gasteiger partial charge in [0.25, 0.3) is 5.91 Å². The topological polar surface area (TPSA) is 76.7 Å². The largest absolute Gasteiger partial charge is 0.458 e. The van der Waals surface area contributed by atoms with Crippen LogP contribution in [0.4, 0.5) is 0 Å². The van der Waals surface area contributed by atoms with Gasteiger partial charge in [-0.2, -0.15) is 0 Å². The average molecular weight is 495 g/mol. The fourth-order valence-corrected chi connectivity index (χ4v) is 3.09. The van der Waals surface area contributed by atoms with Crippen LogP contribution in [0, 0.1) is 0 Å². The molecule has 1 aromatic carbocycles. The van der Waals surface area contributed by atoms with Crippen LogP contribution in [0.1, 0.15) is 25.3 Å². The predicted octanol–water partition coefficient (Wildman–Crippen LogP) is 4.62. The van der Waals surface area contributed by atoms with E-state index in [1.165, 1.54) is 0 Å². The number of carbonyl (C=O) groups excluding carboxylic acids is 2. The van der Waals surface area contributed by atoms with Gasteiger partial charge in [0.15, 0.2) is 0 Å². The van der Waals surface area contributed by atoms with Crippen LogP contribution >= 0.6 is 36.4 Å². The molecule has 1 aromatic rings. The van der Waals surface area contributed by atoms with E-state index >= 15 is 0 Å². The number of thiol groups is 1. The maximum absolute atomic E-state index is 11.7. The smallest absolute Gasteiger partial charge is 0.262 e. The number of carbonyl (C=O) groups is 2. The summed E-state index contributed by atoms with van der Waals surface area (Å²) in [6, 6.07) is 4.97. The summed E-state index contributed by atoms with van der Waals surface area (Å²) < 4.78 is 11.0. The molecule has 9 heteroatoms. The Balaban J connectivity index is 2.90. The van der Waals surface area contributed by atoms with Gasteiger partial charge in [0.1, 0.15) is 11.5 Å². The van der Waals surface area contributed by atoms with E-state index < -0.39 is 5.91 Å². The summed E-state index contributed by atoms with van der Waals surface area (Å²) in [6.07, 6.45) is 9.05. The lowest BCUT2D eigenvalue weighted by molar-refractivity contribution is -0.115. The van der Waals surface area contributed by atoms with Gasteiger partial charge in [0.2, 0.25) is 6.41 Å². The van der Waals surface area contributed by atoms with Gasteiger partial charge < -0.3 is 20.1 Å². The van der Waals surface area contributed by atoms with Crippen molar-refractivity contribution in [2.75, 3.05) is 13.7 Å². The van der Waals surface area contributed by atoms with Crippen molar-refractivity contribution < 1.29 is 19.1 Å². The third kappa shape index (κ3) is 10.3. The second-order valence-corrected chi connectivity index (χ2v) is 7.68. The molecule has 0 aliphatic heterocycles. The van der Waals surface area contributed by atoms with Crippen molar-refractivity contribution in [3.05, 3.63) is 69.8 Å². The average Bonchev–Trinajstić information content (AvgIpc) is 2.74. The highest BCUT2D eigenvalue weighted by molar-refractivity contribution is 7.85. The molecule has 0 saturated carbocycles. The quantitative estimate of drug-likeness (QED) is 0.0878. The summed E-state index contributed by atoms with van der Waals surface area (Å²) in [7, 11) is 1.58. The van der Waals surface area contributed by atoms with Gasteiger partial charge in [-0.05, 0) is 54.8 Å². The Morgan fingerprint density at radius 2 is 2.12 bits per heavy atom. The first kappa shape index (κ1) is 27.6. The van der Waals surface area contributed by atoms with Crippen molar-refractivity contribution in [3.63, 3.8) is 0 Å². The van der Waals surface area contributed by atoms with Gasteiger partial charge in [-0.15, -0.1) is 12.6 Å². The molecule has 0 radical (unpaired) electrons. The maximum atomic E-state index is 11.7. The number of ether oxygens (including phenoxy) is 2. The lowest BCUT2D eigenvalue weighted by atomic mass is 10.1. The van der Waals surface area contributed by atoms with E-state index in [-0.39, 0.29) is 10.9 Å². The molecule has 0 spiro atoms. The number of allylic oxidation sites excluding steroid dienone is 3. The third-order valence-corrected chi connectivity index (χ3v) is 4.77. The number of amides is 2. The number of thiocarbonyl (C=S) groups is 1. The fourth-order valence-electron chi connectivity index (χ4n) is 2.56. The standard InChI is InChI=1S/C23H27ClN2O4S2/c1-4-5-19(8-6-16(2)10-18(13-29-3)25-14-27)30-20-9-7-17(21(24)12-20)11-22(32)23(28)26-15-31/h5-9,11-12,14-15,18,32H,2,4,10,13H2,1,3H3,(H,25,27)(H,26,28,31)/b8-6-,19-5+,22-11+. The Bertz CT molecular complexity index is 913. The van der Waals surface area contributed by atoms with E-state index in [0.717, 1.165) is 17.5 Å². The van der Waals surface area contributed by atoms with Gasteiger partial charge in [0.05, 0.1) is 28.1 Å². The van der Waals surface area contributed by atoms with Crippen molar-refractivity contribution in [1.82, 2.24) is 10.6 Å². The Labute approximate surface area is 204 Å². The molecule has 0 saturated heterocycles. The zero-order chi connectivity index (χ0) is 23.9. The number of hydrogen-bond acceptors (Lipinski definition) is 6. The van der Waals surface area contributed by atoms with Gasteiger partial charge in [-0.25, -0.2) is 0 Å². The molecule has 0 heterocycles. The summed E-state index contributed by atoms with van der Waals surface area (Å²) in [4.78, 5) is 22.6. The van der Waals surface area contributed by atoms with Crippen molar-refractivity contribution in [2.24, 2.45) is 0 Å². The summed E-state index contributed by atoms with van der Waals surface area (Å²) >= 11 is 15.1. The first-order chi connectivity index (χ1) is 15.3. The van der Waals surface area contributed by atoms with Crippen LogP contribution in [0.15, 0.2) is 59.2 Å². The normalized spacial score (nSPS) is 12.9. The Hall–Kier alpha value is -2.39. The molecule has 0 aliphatic carbocycles. The zero-order valence-corrected chi connectivity index (χ0v) is 20.4. The number of methoxy groups -OCH3 is 1. The van der Waals surface area contributed by atoms with Gasteiger partial charge in [-0.3, -0.25) is 9.59 Å². The second-order valence-electron chi connectivity index (χ2n) is 6.55. The molecule has 0 bridgehead atoms. The molecule has 6 nitrogen and oxygen atoms in total. The molecule has 32 heavy (non-hydrogen) atoms. The highest BCUT2D eigenvalue weighted by Gasteiger charge is 2.09. The molecule has 2 amide bonds. The van der Waals surface area contributed by atoms with Gasteiger partial charge in [0, 0.05) is 7.11 Å². The molecule has 0 aliphatic rings. The summed E-state index contributed by atoms with van der Waals surface area (Å²) in [5.41, 5.74) is 2.53. The van der Waals surface area contributed by atoms with E-state index in [2.05, 4.69) is 42.1 Å². The number of benzene rings is 1. The fraction of sp³-hybridized carbons (Fsp3) is 0.261. The number of hydrogen-bond donors (Lipinski definition) is 3. The van der Waals surface area contributed by atoms with Crippen LogP contribution in [-0.4, -0.2) is 37.6 Å². The lowest BCUT2D eigenvalue weighted by Crippen LogP contribution is -2.32. The van der Waals surface area contributed by atoms with Crippen LogP contribution in [0.5, 0.6) is 5.75 Å². The molecule has 0 fully saturated rings. The number of rotatable bonds is 14. The summed E-state index contributed by atoms with van der Waals surface area (Å²) in [5.74, 6) is 0.732. The van der Waals surface area contributed by atoms with E-state index in [9.17, 15) is 9.59 Å². The van der Waals surface area contributed by atoms with Crippen LogP contribution < -0.4 is 15.4 Å². The van der Waals surface area contributed by atoms with E-state index in [1.807, 2.05) is 19.1 Å². The zero-order valence-electron chi connectivity index (χ0n) is 18.0. The first-order valence-electron chi connectivity index (χ1n) is 9.71. The molecular formula is C23H27ClN2O4S2. The van der Waals surface area contributed by atoms with Crippen molar-refractivity contribution in [1.29, 1.82) is 0 Å². The predicted molar refractivity (Wildman–Crippen MR) is 137 cm³/mol. The van der Waals surface area contributed by atoms with Crippen LogP contribution in [0.25, 0.3) is 6.08 Å². The van der Waals surface area contributed by atoms with E-state index in [0.29, 0.717) is 41.5 Å². The highest BCUT2D eigenvalue weighted by Crippen LogP contribution is 2.27. The monoisotopic (exact) mass is 494 g/mol. The van der Waals surface area contributed by atoms with Gasteiger partial charge in [-0.1, -0.05) is 49.0 Å². The Morgan fingerprint density at radius 1 is 1.38 bits per heavy atom. The summed E-state index contributed by atoms with van der Waals surface area (Å²) in [6.45, 7) is 6.41. The van der Waals surface area contributed by atoms with Crippen molar-refractivity contribution in [2.45, 2.75) is 25.8 Å². The van der Waals surface area contributed by atoms with Crippen LogP contribution in [-0.2, 0) is 14.3 Å². The molecular weight excluding hydrogens is 468 g/mol. The number of nitrogens with one attached hydrogen (secondary N) is 2. The molecule has 1 unspecified atom stereocenters. The highest BCUT2D eigenvalue weighted by atomic mass is 35.5. The Kier molecular flexibility index (Phi) is 13.3. The second kappa shape index (κ2) is 15.4. The van der Waals surface area contributed by atoms with Crippen LogP contribution in [0.2, 0.25) is 5.02 Å². The van der Waals surface area contributed by atoms with Gasteiger partial charge >= 0.3 is 0 Å². The molecule has 172 valence electrons. The first-order valence-corrected chi connectivity index (χ1v) is 11.0. The molecule has 0 aromatic heterocycles. The van der Waals surface area contributed by atoms with E-state index in [1.54, 1.807) is 37.5 Å².